The number of anilines is 3. The second-order valence-electron chi connectivity index (χ2n) is 5.20. The van der Waals surface area contributed by atoms with Gasteiger partial charge in [0.1, 0.15) is 18.0 Å². The van der Waals surface area contributed by atoms with Crippen molar-refractivity contribution in [3.05, 3.63) is 30.9 Å². The number of nitrogens with one attached hydrogen (secondary N) is 1. The van der Waals surface area contributed by atoms with Crippen LogP contribution in [0.15, 0.2) is 30.9 Å². The molecule has 0 amide bonds. The average molecular weight is 315 g/mol. The van der Waals surface area contributed by atoms with E-state index in [1.54, 1.807) is 25.8 Å². The van der Waals surface area contributed by atoms with E-state index in [1.165, 1.54) is 0 Å². The lowest BCUT2D eigenvalue weighted by Gasteiger charge is -2.35. The number of aromatic nitrogens is 4. The standard InChI is InChI=1S/C15H21N7O/c1-23-10-5-16-13-11-14(20-12-19-13)21-6-8-22(9-7-21)15-17-3-2-4-18-15/h2-4,11-12H,5-10H2,1H3,(H,16,19,20). The molecule has 0 aromatic carbocycles. The van der Waals surface area contributed by atoms with Crippen molar-refractivity contribution in [2.24, 2.45) is 0 Å². The summed E-state index contributed by atoms with van der Waals surface area (Å²) < 4.78 is 5.03. The van der Waals surface area contributed by atoms with Crippen LogP contribution in [0.25, 0.3) is 0 Å². The van der Waals surface area contributed by atoms with Gasteiger partial charge in [0.2, 0.25) is 5.95 Å². The summed E-state index contributed by atoms with van der Waals surface area (Å²) in [6, 6.07) is 3.81. The van der Waals surface area contributed by atoms with E-state index in [2.05, 4.69) is 35.1 Å². The molecule has 1 saturated heterocycles. The van der Waals surface area contributed by atoms with Crippen molar-refractivity contribution in [3.8, 4) is 0 Å². The Morgan fingerprint density at radius 1 is 1.04 bits per heavy atom. The summed E-state index contributed by atoms with van der Waals surface area (Å²) in [6.45, 7) is 4.89. The van der Waals surface area contributed by atoms with E-state index in [9.17, 15) is 0 Å². The third-order valence-corrected chi connectivity index (χ3v) is 3.70. The molecular weight excluding hydrogens is 294 g/mol. The highest BCUT2D eigenvalue weighted by Crippen LogP contribution is 2.17. The zero-order valence-electron chi connectivity index (χ0n) is 13.2. The van der Waals surface area contributed by atoms with Crippen LogP contribution in [0.3, 0.4) is 0 Å². The largest absolute Gasteiger partial charge is 0.383 e. The monoisotopic (exact) mass is 315 g/mol. The summed E-state index contributed by atoms with van der Waals surface area (Å²) >= 11 is 0. The molecule has 1 aliphatic heterocycles. The molecule has 1 fully saturated rings. The van der Waals surface area contributed by atoms with E-state index in [0.29, 0.717) is 6.61 Å². The van der Waals surface area contributed by atoms with Gasteiger partial charge in [-0.1, -0.05) is 0 Å². The van der Waals surface area contributed by atoms with Crippen molar-refractivity contribution in [3.63, 3.8) is 0 Å². The van der Waals surface area contributed by atoms with Crippen molar-refractivity contribution in [2.75, 3.05) is 61.6 Å². The van der Waals surface area contributed by atoms with E-state index in [0.717, 1.165) is 50.3 Å². The first-order valence-electron chi connectivity index (χ1n) is 7.68. The van der Waals surface area contributed by atoms with E-state index in [-0.39, 0.29) is 0 Å². The number of piperazine rings is 1. The Morgan fingerprint density at radius 3 is 2.52 bits per heavy atom. The van der Waals surface area contributed by atoms with Crippen molar-refractivity contribution in [2.45, 2.75) is 0 Å². The first-order valence-corrected chi connectivity index (χ1v) is 7.68. The van der Waals surface area contributed by atoms with Gasteiger partial charge in [0, 0.05) is 58.3 Å². The van der Waals surface area contributed by atoms with E-state index < -0.39 is 0 Å². The molecule has 0 radical (unpaired) electrons. The fourth-order valence-corrected chi connectivity index (χ4v) is 2.49. The van der Waals surface area contributed by atoms with Crippen LogP contribution in [0.2, 0.25) is 0 Å². The summed E-state index contributed by atoms with van der Waals surface area (Å²) in [7, 11) is 1.68. The Bertz CT molecular complexity index is 602. The quantitative estimate of drug-likeness (QED) is 0.779. The van der Waals surface area contributed by atoms with Gasteiger partial charge in [-0.3, -0.25) is 0 Å². The van der Waals surface area contributed by atoms with Gasteiger partial charge >= 0.3 is 0 Å². The predicted octanol–water partition coefficient (Wildman–Crippen LogP) is 0.651. The number of hydrogen-bond acceptors (Lipinski definition) is 8. The van der Waals surface area contributed by atoms with Crippen LogP contribution in [0.1, 0.15) is 0 Å². The van der Waals surface area contributed by atoms with Crippen LogP contribution in [-0.4, -0.2) is 66.4 Å². The second-order valence-corrected chi connectivity index (χ2v) is 5.20. The lowest BCUT2D eigenvalue weighted by atomic mass is 10.3. The molecule has 8 heteroatoms. The lowest BCUT2D eigenvalue weighted by molar-refractivity contribution is 0.210. The Balaban J connectivity index is 1.58. The Morgan fingerprint density at radius 2 is 1.78 bits per heavy atom. The number of ether oxygens (including phenoxy) is 1. The van der Waals surface area contributed by atoms with Crippen LogP contribution in [0, 0.1) is 0 Å². The van der Waals surface area contributed by atoms with Crippen LogP contribution in [0.5, 0.6) is 0 Å². The minimum Gasteiger partial charge on any atom is -0.383 e. The summed E-state index contributed by atoms with van der Waals surface area (Å²) in [5.41, 5.74) is 0. The van der Waals surface area contributed by atoms with Gasteiger partial charge in [0.25, 0.3) is 0 Å². The van der Waals surface area contributed by atoms with Gasteiger partial charge in [-0.15, -0.1) is 0 Å². The Kier molecular flexibility index (Phi) is 5.15. The molecule has 0 spiro atoms. The summed E-state index contributed by atoms with van der Waals surface area (Å²) in [5, 5.41) is 3.23. The maximum absolute atomic E-state index is 5.03. The molecule has 0 atom stereocenters. The molecule has 0 unspecified atom stereocenters. The van der Waals surface area contributed by atoms with E-state index in [1.807, 2.05) is 12.1 Å². The van der Waals surface area contributed by atoms with Crippen molar-refractivity contribution in [1.82, 2.24) is 19.9 Å². The van der Waals surface area contributed by atoms with Crippen LogP contribution < -0.4 is 15.1 Å². The van der Waals surface area contributed by atoms with Gasteiger partial charge in [-0.2, -0.15) is 0 Å². The number of hydrogen-bond donors (Lipinski definition) is 1. The molecule has 0 bridgehead atoms. The molecule has 0 saturated carbocycles. The number of nitrogens with zero attached hydrogens (tertiary/aromatic N) is 6. The number of rotatable bonds is 6. The highest BCUT2D eigenvalue weighted by Gasteiger charge is 2.19. The molecule has 8 nitrogen and oxygen atoms in total. The minimum atomic E-state index is 0.648. The highest BCUT2D eigenvalue weighted by molar-refractivity contribution is 5.49. The molecule has 3 rings (SSSR count). The zero-order chi connectivity index (χ0) is 15.9. The number of methoxy groups -OCH3 is 1. The first-order chi connectivity index (χ1) is 11.4. The third-order valence-electron chi connectivity index (χ3n) is 3.70. The van der Waals surface area contributed by atoms with Gasteiger partial charge in [-0.05, 0) is 6.07 Å². The van der Waals surface area contributed by atoms with Crippen LogP contribution in [-0.2, 0) is 4.74 Å². The van der Waals surface area contributed by atoms with Gasteiger partial charge in [0.15, 0.2) is 0 Å². The Labute approximate surface area is 135 Å². The molecule has 23 heavy (non-hydrogen) atoms. The molecule has 2 aromatic rings. The van der Waals surface area contributed by atoms with Gasteiger partial charge in [0.05, 0.1) is 6.61 Å². The minimum absolute atomic E-state index is 0.648. The molecule has 3 heterocycles. The van der Waals surface area contributed by atoms with E-state index in [4.69, 9.17) is 4.74 Å². The van der Waals surface area contributed by atoms with Crippen molar-refractivity contribution >= 4 is 17.6 Å². The molecule has 1 N–H and O–H groups in total. The molecule has 122 valence electrons. The Hall–Kier alpha value is -2.48. The fourth-order valence-electron chi connectivity index (χ4n) is 2.49. The summed E-state index contributed by atoms with van der Waals surface area (Å²) in [6.07, 6.45) is 5.14. The molecule has 1 aliphatic rings. The highest BCUT2D eigenvalue weighted by atomic mass is 16.5. The van der Waals surface area contributed by atoms with Gasteiger partial charge < -0.3 is 19.9 Å². The maximum Gasteiger partial charge on any atom is 0.225 e. The van der Waals surface area contributed by atoms with Crippen LogP contribution in [0.4, 0.5) is 17.6 Å². The lowest BCUT2D eigenvalue weighted by Crippen LogP contribution is -2.47. The molecular formula is C15H21N7O. The van der Waals surface area contributed by atoms with Crippen LogP contribution >= 0.6 is 0 Å². The maximum atomic E-state index is 5.03. The molecule has 2 aromatic heterocycles. The van der Waals surface area contributed by atoms with Gasteiger partial charge in [-0.25, -0.2) is 19.9 Å². The van der Waals surface area contributed by atoms with Crippen molar-refractivity contribution < 1.29 is 4.74 Å². The van der Waals surface area contributed by atoms with Crippen molar-refractivity contribution in [1.29, 1.82) is 0 Å². The van der Waals surface area contributed by atoms with E-state index >= 15 is 0 Å². The predicted molar refractivity (Wildman–Crippen MR) is 88.9 cm³/mol. The topological polar surface area (TPSA) is 79.3 Å². The fraction of sp³-hybridized carbons (Fsp3) is 0.467. The third kappa shape index (κ3) is 4.04. The SMILES string of the molecule is COCCNc1cc(N2CCN(c3ncccn3)CC2)ncn1. The smallest absolute Gasteiger partial charge is 0.225 e. The summed E-state index contributed by atoms with van der Waals surface area (Å²) in [4.78, 5) is 21.7. The normalized spacial score (nSPS) is 14.8. The summed E-state index contributed by atoms with van der Waals surface area (Å²) in [5.74, 6) is 2.55. The zero-order valence-corrected chi connectivity index (χ0v) is 13.2. The molecule has 0 aliphatic carbocycles. The first kappa shape index (κ1) is 15.4. The second kappa shape index (κ2) is 7.68. The average Bonchev–Trinajstić information content (AvgIpc) is 2.63.